The van der Waals surface area contributed by atoms with E-state index in [-0.39, 0.29) is 18.4 Å². The number of carbonyl (C=O) groups excluding carboxylic acids is 2. The van der Waals surface area contributed by atoms with Gasteiger partial charge in [0.15, 0.2) is 12.5 Å². The Bertz CT molecular complexity index is 818. The van der Waals surface area contributed by atoms with Crippen LogP contribution in [0.3, 0.4) is 0 Å². The maximum atomic E-state index is 12.6. The van der Waals surface area contributed by atoms with E-state index in [4.69, 9.17) is 14.2 Å². The Hall–Kier alpha value is -3.02. The van der Waals surface area contributed by atoms with Gasteiger partial charge in [-0.05, 0) is 44.2 Å². The molecule has 0 spiro atoms. The molecule has 0 unspecified atom stereocenters. The first-order valence-electron chi connectivity index (χ1n) is 8.51. The zero-order valence-electron chi connectivity index (χ0n) is 14.9. The van der Waals surface area contributed by atoms with Crippen LogP contribution in [-0.2, 0) is 0 Å². The van der Waals surface area contributed by atoms with Gasteiger partial charge in [0.05, 0.1) is 18.7 Å². The summed E-state index contributed by atoms with van der Waals surface area (Å²) in [5.41, 5.74) is 0.897. The van der Waals surface area contributed by atoms with Gasteiger partial charge in [0, 0.05) is 11.6 Å². The van der Waals surface area contributed by atoms with E-state index in [2.05, 4.69) is 0 Å². The predicted molar refractivity (Wildman–Crippen MR) is 96.1 cm³/mol. The summed E-state index contributed by atoms with van der Waals surface area (Å²) >= 11 is 0. The number of benzene rings is 2. The number of ketones is 1. The van der Waals surface area contributed by atoms with Crippen molar-refractivity contribution in [2.24, 2.45) is 0 Å². The maximum Gasteiger partial charge on any atom is 0.260 e. The average molecular weight is 355 g/mol. The maximum absolute atomic E-state index is 12.6. The van der Waals surface area contributed by atoms with Crippen LogP contribution in [0.2, 0.25) is 0 Å². The molecule has 0 bridgehead atoms. The summed E-state index contributed by atoms with van der Waals surface area (Å²) in [6, 6.07) is 12.3. The van der Waals surface area contributed by atoms with Gasteiger partial charge in [-0.25, -0.2) is 0 Å². The lowest BCUT2D eigenvalue weighted by Crippen LogP contribution is -2.41. The highest BCUT2D eigenvalue weighted by molar-refractivity contribution is 6.02. The molecule has 0 radical (unpaired) electrons. The number of ether oxygens (including phenoxy) is 3. The minimum absolute atomic E-state index is 0.0877. The summed E-state index contributed by atoms with van der Waals surface area (Å²) in [5, 5.41) is 0. The van der Waals surface area contributed by atoms with Crippen molar-refractivity contribution in [2.75, 3.05) is 26.5 Å². The smallest absolute Gasteiger partial charge is 0.260 e. The molecule has 0 saturated carbocycles. The minimum atomic E-state index is -0.166. The van der Waals surface area contributed by atoms with Gasteiger partial charge in [-0.2, -0.15) is 0 Å². The Kier molecular flexibility index (Phi) is 5.41. The van der Waals surface area contributed by atoms with Gasteiger partial charge in [-0.1, -0.05) is 6.07 Å². The van der Waals surface area contributed by atoms with Crippen molar-refractivity contribution in [3.05, 3.63) is 53.6 Å². The Labute approximate surface area is 152 Å². The number of carbonyl (C=O) groups is 2. The normalized spacial score (nSPS) is 13.0. The molecule has 6 nitrogen and oxygen atoms in total. The molecule has 6 heteroatoms. The molecule has 1 amide bonds. The monoisotopic (exact) mass is 355 g/mol. The first-order chi connectivity index (χ1) is 12.6. The summed E-state index contributed by atoms with van der Waals surface area (Å²) in [4.78, 5) is 25.7. The van der Waals surface area contributed by atoms with Crippen LogP contribution < -0.4 is 14.2 Å². The fraction of sp³-hybridized carbons (Fsp3) is 0.300. The molecule has 2 aromatic rings. The highest BCUT2D eigenvalue weighted by atomic mass is 16.5. The van der Waals surface area contributed by atoms with Crippen LogP contribution in [0.25, 0.3) is 0 Å². The van der Waals surface area contributed by atoms with Gasteiger partial charge < -0.3 is 19.1 Å². The van der Waals surface area contributed by atoms with Gasteiger partial charge in [-0.15, -0.1) is 0 Å². The lowest BCUT2D eigenvalue weighted by molar-refractivity contribution is 0.0481. The van der Waals surface area contributed by atoms with Crippen LogP contribution in [0.1, 0.15) is 34.6 Å². The molecule has 1 aliphatic heterocycles. The number of amides is 1. The van der Waals surface area contributed by atoms with Gasteiger partial charge in [-0.3, -0.25) is 9.59 Å². The number of hydrogen-bond donors (Lipinski definition) is 0. The molecular formula is C20H21NO5. The highest BCUT2D eigenvalue weighted by Crippen LogP contribution is 2.26. The molecule has 0 saturated heterocycles. The molecule has 0 fully saturated rings. The van der Waals surface area contributed by atoms with Gasteiger partial charge >= 0.3 is 0 Å². The zero-order chi connectivity index (χ0) is 18.5. The van der Waals surface area contributed by atoms with Crippen molar-refractivity contribution in [2.45, 2.75) is 13.8 Å². The SMILES string of the molecule is CCOc1cccc(OCCN2COc3ccc(C(C)=O)cc3C2=O)c1. The number of rotatable bonds is 7. The first kappa shape index (κ1) is 17.8. The van der Waals surface area contributed by atoms with Crippen LogP contribution in [0.15, 0.2) is 42.5 Å². The molecule has 26 heavy (non-hydrogen) atoms. The molecule has 0 atom stereocenters. The van der Waals surface area contributed by atoms with E-state index >= 15 is 0 Å². The lowest BCUT2D eigenvalue weighted by atomic mass is 10.1. The van der Waals surface area contributed by atoms with Crippen LogP contribution in [0.4, 0.5) is 0 Å². The second-order valence-electron chi connectivity index (χ2n) is 5.87. The van der Waals surface area contributed by atoms with Crippen LogP contribution in [-0.4, -0.2) is 43.1 Å². The summed E-state index contributed by atoms with van der Waals surface area (Å²) in [6.07, 6.45) is 0. The number of Topliss-reactive ketones (excluding diaryl/α,β-unsaturated/α-hetero) is 1. The first-order valence-corrected chi connectivity index (χ1v) is 8.51. The Balaban J connectivity index is 1.61. The molecule has 1 heterocycles. The van der Waals surface area contributed by atoms with Crippen molar-refractivity contribution < 1.29 is 23.8 Å². The fourth-order valence-corrected chi connectivity index (χ4v) is 2.68. The zero-order valence-corrected chi connectivity index (χ0v) is 14.9. The molecule has 2 aromatic carbocycles. The van der Waals surface area contributed by atoms with E-state index in [0.717, 1.165) is 5.75 Å². The van der Waals surface area contributed by atoms with Crippen molar-refractivity contribution >= 4 is 11.7 Å². The average Bonchev–Trinajstić information content (AvgIpc) is 2.64. The topological polar surface area (TPSA) is 65.1 Å². The Morgan fingerprint density at radius 3 is 2.65 bits per heavy atom. The molecule has 3 rings (SSSR count). The Morgan fingerprint density at radius 1 is 1.15 bits per heavy atom. The third kappa shape index (κ3) is 3.96. The predicted octanol–water partition coefficient (Wildman–Crippen LogP) is 3.16. The van der Waals surface area contributed by atoms with E-state index in [0.29, 0.717) is 42.4 Å². The van der Waals surface area contributed by atoms with E-state index in [9.17, 15) is 9.59 Å². The summed E-state index contributed by atoms with van der Waals surface area (Å²) < 4.78 is 16.8. The van der Waals surface area contributed by atoms with E-state index < -0.39 is 0 Å². The fourth-order valence-electron chi connectivity index (χ4n) is 2.68. The highest BCUT2D eigenvalue weighted by Gasteiger charge is 2.26. The number of nitrogens with zero attached hydrogens (tertiary/aromatic N) is 1. The summed E-state index contributed by atoms with van der Waals surface area (Å²) in [5.74, 6) is 1.67. The minimum Gasteiger partial charge on any atom is -0.494 e. The second kappa shape index (κ2) is 7.91. The molecule has 0 N–H and O–H groups in total. The van der Waals surface area contributed by atoms with Gasteiger partial charge in [0.2, 0.25) is 0 Å². The molecule has 1 aliphatic rings. The third-order valence-corrected chi connectivity index (χ3v) is 4.03. The molecule has 0 aromatic heterocycles. The van der Waals surface area contributed by atoms with E-state index in [1.54, 1.807) is 23.1 Å². The van der Waals surface area contributed by atoms with Crippen molar-refractivity contribution in [1.82, 2.24) is 4.90 Å². The largest absolute Gasteiger partial charge is 0.494 e. The van der Waals surface area contributed by atoms with Crippen LogP contribution >= 0.6 is 0 Å². The molecule has 0 aliphatic carbocycles. The van der Waals surface area contributed by atoms with E-state index in [1.807, 2.05) is 31.2 Å². The summed E-state index contributed by atoms with van der Waals surface area (Å²) in [6.45, 7) is 4.84. The molecular weight excluding hydrogens is 334 g/mol. The van der Waals surface area contributed by atoms with Crippen LogP contribution in [0, 0.1) is 0 Å². The number of fused-ring (bicyclic) bond motifs is 1. The van der Waals surface area contributed by atoms with Crippen LogP contribution in [0.5, 0.6) is 17.2 Å². The quantitative estimate of drug-likeness (QED) is 0.714. The molecule has 136 valence electrons. The third-order valence-electron chi connectivity index (χ3n) is 4.03. The van der Waals surface area contributed by atoms with Crippen molar-refractivity contribution in [3.63, 3.8) is 0 Å². The van der Waals surface area contributed by atoms with Gasteiger partial charge in [0.25, 0.3) is 5.91 Å². The Morgan fingerprint density at radius 2 is 1.92 bits per heavy atom. The standard InChI is InChI=1S/C20H21NO5/c1-3-24-16-5-4-6-17(12-16)25-10-9-21-13-26-19-8-7-15(14(2)22)11-18(19)20(21)23/h4-8,11-12H,3,9-10,13H2,1-2H3. The van der Waals surface area contributed by atoms with E-state index in [1.165, 1.54) is 6.92 Å². The summed E-state index contributed by atoms with van der Waals surface area (Å²) in [7, 11) is 0. The lowest BCUT2D eigenvalue weighted by Gasteiger charge is -2.28. The second-order valence-corrected chi connectivity index (χ2v) is 5.87. The van der Waals surface area contributed by atoms with Crippen molar-refractivity contribution in [3.8, 4) is 17.2 Å². The van der Waals surface area contributed by atoms with Crippen molar-refractivity contribution in [1.29, 1.82) is 0 Å². The number of hydrogen-bond acceptors (Lipinski definition) is 5. The van der Waals surface area contributed by atoms with Gasteiger partial charge in [0.1, 0.15) is 23.9 Å².